The summed E-state index contributed by atoms with van der Waals surface area (Å²) in [6.45, 7) is 6.54. The van der Waals surface area contributed by atoms with Gasteiger partial charge in [-0.3, -0.25) is 0 Å². The lowest BCUT2D eigenvalue weighted by atomic mass is 9.80. The van der Waals surface area contributed by atoms with Gasteiger partial charge in [0.25, 0.3) is 0 Å². The molecule has 4 nitrogen and oxygen atoms in total. The molecule has 0 unspecified atom stereocenters. The van der Waals surface area contributed by atoms with Crippen molar-refractivity contribution in [1.82, 2.24) is 9.97 Å². The van der Waals surface area contributed by atoms with Crippen LogP contribution in [0, 0.1) is 19.8 Å². The molecule has 0 aliphatic heterocycles. The van der Waals surface area contributed by atoms with Gasteiger partial charge in [-0.1, -0.05) is 13.3 Å². The molecule has 0 bridgehead atoms. The van der Waals surface area contributed by atoms with Crippen LogP contribution in [-0.2, 0) is 0 Å². The number of anilines is 1. The SMILES string of the molecule is CCC1CCC(c2nc(NN)c3c(C)c(C)sc3n2)CC1. The molecule has 1 fully saturated rings. The van der Waals surface area contributed by atoms with Crippen molar-refractivity contribution in [2.75, 3.05) is 5.43 Å². The van der Waals surface area contributed by atoms with E-state index < -0.39 is 0 Å². The number of nitrogens with one attached hydrogen (secondary N) is 1. The van der Waals surface area contributed by atoms with Crippen molar-refractivity contribution in [3.63, 3.8) is 0 Å². The molecule has 0 spiro atoms. The first-order valence-electron chi connectivity index (χ1n) is 7.88. The zero-order chi connectivity index (χ0) is 15.0. The maximum Gasteiger partial charge on any atom is 0.152 e. The zero-order valence-corrected chi connectivity index (χ0v) is 13.9. The van der Waals surface area contributed by atoms with Gasteiger partial charge in [0.15, 0.2) is 5.82 Å². The number of hydrogen-bond acceptors (Lipinski definition) is 5. The Morgan fingerprint density at radius 1 is 1.19 bits per heavy atom. The third-order valence-electron chi connectivity index (χ3n) is 4.97. The van der Waals surface area contributed by atoms with E-state index in [-0.39, 0.29) is 0 Å². The number of rotatable bonds is 3. The molecular formula is C16H24N4S. The average molecular weight is 304 g/mol. The van der Waals surface area contributed by atoms with Crippen LogP contribution in [0.25, 0.3) is 10.2 Å². The molecule has 2 heterocycles. The molecule has 114 valence electrons. The van der Waals surface area contributed by atoms with Crippen LogP contribution in [0.15, 0.2) is 0 Å². The van der Waals surface area contributed by atoms with Crippen molar-refractivity contribution in [1.29, 1.82) is 0 Å². The molecule has 0 aromatic carbocycles. The van der Waals surface area contributed by atoms with Gasteiger partial charge in [-0.25, -0.2) is 15.8 Å². The number of nitrogen functional groups attached to an aromatic ring is 1. The van der Waals surface area contributed by atoms with E-state index in [0.717, 1.165) is 27.8 Å². The first-order valence-corrected chi connectivity index (χ1v) is 8.69. The van der Waals surface area contributed by atoms with E-state index in [1.807, 2.05) is 0 Å². The monoisotopic (exact) mass is 304 g/mol. The van der Waals surface area contributed by atoms with Crippen molar-refractivity contribution in [2.45, 2.75) is 58.8 Å². The summed E-state index contributed by atoms with van der Waals surface area (Å²) in [5, 5.41) is 1.09. The summed E-state index contributed by atoms with van der Waals surface area (Å²) in [4.78, 5) is 11.9. The lowest BCUT2D eigenvalue weighted by Gasteiger charge is -2.26. The third-order valence-corrected chi connectivity index (χ3v) is 6.07. The Hall–Kier alpha value is -1.20. The summed E-state index contributed by atoms with van der Waals surface area (Å²) >= 11 is 1.74. The lowest BCUT2D eigenvalue weighted by Crippen LogP contribution is -2.17. The van der Waals surface area contributed by atoms with E-state index in [4.69, 9.17) is 15.8 Å². The van der Waals surface area contributed by atoms with E-state index in [0.29, 0.717) is 5.92 Å². The van der Waals surface area contributed by atoms with Crippen molar-refractivity contribution in [3.05, 3.63) is 16.3 Å². The van der Waals surface area contributed by atoms with E-state index >= 15 is 0 Å². The topological polar surface area (TPSA) is 63.8 Å². The molecule has 0 atom stereocenters. The Bertz CT molecular complexity index is 641. The molecule has 3 rings (SSSR count). The minimum absolute atomic E-state index is 0.493. The fourth-order valence-electron chi connectivity index (χ4n) is 3.38. The van der Waals surface area contributed by atoms with Gasteiger partial charge < -0.3 is 5.43 Å². The van der Waals surface area contributed by atoms with Gasteiger partial charge in [0, 0.05) is 10.8 Å². The van der Waals surface area contributed by atoms with Crippen molar-refractivity contribution >= 4 is 27.4 Å². The van der Waals surface area contributed by atoms with Gasteiger partial charge in [0.05, 0.1) is 5.39 Å². The second kappa shape index (κ2) is 5.89. The highest BCUT2D eigenvalue weighted by Crippen LogP contribution is 2.39. The lowest BCUT2D eigenvalue weighted by molar-refractivity contribution is 0.312. The summed E-state index contributed by atoms with van der Waals surface area (Å²) in [5.41, 5.74) is 4.02. The minimum Gasteiger partial charge on any atom is -0.308 e. The number of aromatic nitrogens is 2. The fraction of sp³-hybridized carbons (Fsp3) is 0.625. The molecule has 2 aromatic rings. The molecule has 1 aliphatic rings. The second-order valence-corrected chi connectivity index (χ2v) is 7.37. The molecule has 5 heteroatoms. The third kappa shape index (κ3) is 2.64. The van der Waals surface area contributed by atoms with Gasteiger partial charge in [-0.15, -0.1) is 11.3 Å². The van der Waals surface area contributed by atoms with E-state index in [9.17, 15) is 0 Å². The molecule has 0 amide bonds. The number of hydrogen-bond donors (Lipinski definition) is 2. The fourth-order valence-corrected chi connectivity index (χ4v) is 4.42. The average Bonchev–Trinajstić information content (AvgIpc) is 2.81. The summed E-state index contributed by atoms with van der Waals surface area (Å²) < 4.78 is 0. The van der Waals surface area contributed by atoms with Crippen LogP contribution in [0.3, 0.4) is 0 Å². The van der Waals surface area contributed by atoms with E-state index in [1.165, 1.54) is 42.5 Å². The maximum atomic E-state index is 5.70. The Balaban J connectivity index is 1.97. The molecule has 0 saturated heterocycles. The van der Waals surface area contributed by atoms with Crippen LogP contribution < -0.4 is 11.3 Å². The zero-order valence-electron chi connectivity index (χ0n) is 13.1. The Labute approximate surface area is 130 Å². The van der Waals surface area contributed by atoms with Gasteiger partial charge >= 0.3 is 0 Å². The Kier molecular flexibility index (Phi) is 4.13. The number of nitrogens with zero attached hydrogens (tertiary/aromatic N) is 2. The predicted octanol–water partition coefficient (Wildman–Crippen LogP) is 4.28. The van der Waals surface area contributed by atoms with Crippen LogP contribution >= 0.6 is 11.3 Å². The number of fused-ring (bicyclic) bond motifs is 1. The molecule has 1 saturated carbocycles. The molecular weight excluding hydrogens is 280 g/mol. The number of thiophene rings is 1. The van der Waals surface area contributed by atoms with Gasteiger partial charge in [0.1, 0.15) is 10.7 Å². The van der Waals surface area contributed by atoms with Crippen LogP contribution in [0.1, 0.15) is 61.2 Å². The standard InChI is InChI=1S/C16H24N4S/c1-4-11-5-7-12(8-6-11)14-18-15(20-17)13-9(2)10(3)21-16(13)19-14/h11-12H,4-8,17H2,1-3H3,(H,18,19,20). The molecule has 21 heavy (non-hydrogen) atoms. The molecule has 0 radical (unpaired) electrons. The summed E-state index contributed by atoms with van der Waals surface area (Å²) in [7, 11) is 0. The minimum atomic E-state index is 0.493. The normalized spacial score (nSPS) is 22.7. The van der Waals surface area contributed by atoms with Crippen LogP contribution in [0.4, 0.5) is 5.82 Å². The number of hydrazine groups is 1. The molecule has 1 aliphatic carbocycles. The van der Waals surface area contributed by atoms with E-state index in [1.54, 1.807) is 11.3 Å². The molecule has 2 aromatic heterocycles. The Morgan fingerprint density at radius 2 is 1.90 bits per heavy atom. The second-order valence-electron chi connectivity index (χ2n) is 6.16. The summed E-state index contributed by atoms with van der Waals surface area (Å²) in [6.07, 6.45) is 6.31. The highest BCUT2D eigenvalue weighted by molar-refractivity contribution is 7.18. The van der Waals surface area contributed by atoms with Crippen molar-refractivity contribution < 1.29 is 0 Å². The van der Waals surface area contributed by atoms with E-state index in [2.05, 4.69) is 26.2 Å². The van der Waals surface area contributed by atoms with Gasteiger partial charge in [-0.2, -0.15) is 0 Å². The smallest absolute Gasteiger partial charge is 0.152 e. The predicted molar refractivity (Wildman–Crippen MR) is 89.7 cm³/mol. The van der Waals surface area contributed by atoms with Gasteiger partial charge in [0.2, 0.25) is 0 Å². The summed E-state index contributed by atoms with van der Waals surface area (Å²) in [6, 6.07) is 0. The highest BCUT2D eigenvalue weighted by Gasteiger charge is 2.25. The Morgan fingerprint density at radius 3 is 2.52 bits per heavy atom. The largest absolute Gasteiger partial charge is 0.308 e. The first kappa shape index (κ1) is 14.7. The van der Waals surface area contributed by atoms with Crippen LogP contribution in [0.5, 0.6) is 0 Å². The number of nitrogens with two attached hydrogens (primary N) is 1. The summed E-state index contributed by atoms with van der Waals surface area (Å²) in [5.74, 6) is 8.85. The highest BCUT2D eigenvalue weighted by atomic mass is 32.1. The quantitative estimate of drug-likeness (QED) is 0.656. The van der Waals surface area contributed by atoms with Gasteiger partial charge in [-0.05, 0) is 51.0 Å². The van der Waals surface area contributed by atoms with Crippen LogP contribution in [0.2, 0.25) is 0 Å². The maximum absolute atomic E-state index is 5.70. The first-order chi connectivity index (χ1) is 10.1. The van der Waals surface area contributed by atoms with Crippen LogP contribution in [-0.4, -0.2) is 9.97 Å². The number of aryl methyl sites for hydroxylation is 2. The van der Waals surface area contributed by atoms with Crippen molar-refractivity contribution in [2.24, 2.45) is 11.8 Å². The molecule has 3 N–H and O–H groups in total. The van der Waals surface area contributed by atoms with Crippen molar-refractivity contribution in [3.8, 4) is 0 Å².